The summed E-state index contributed by atoms with van der Waals surface area (Å²) in [5.41, 5.74) is 0.623. The third-order valence-corrected chi connectivity index (χ3v) is 3.87. The van der Waals surface area contributed by atoms with Gasteiger partial charge in [0.15, 0.2) is 0 Å². The van der Waals surface area contributed by atoms with E-state index >= 15 is 0 Å². The molecule has 0 saturated heterocycles. The van der Waals surface area contributed by atoms with Crippen LogP contribution in [0.15, 0.2) is 36.5 Å². The molecular formula is C18H21F2N3O. The lowest BCUT2D eigenvalue weighted by Crippen LogP contribution is -2.28. The molecule has 0 aliphatic heterocycles. The molecule has 1 heterocycles. The summed E-state index contributed by atoms with van der Waals surface area (Å²) in [6.45, 7) is 7.37. The summed E-state index contributed by atoms with van der Waals surface area (Å²) in [6, 6.07) is 6.19. The van der Waals surface area contributed by atoms with Gasteiger partial charge in [0.25, 0.3) is 5.91 Å². The maximum Gasteiger partial charge on any atom is 0.253 e. The Labute approximate surface area is 140 Å². The molecule has 128 valence electrons. The van der Waals surface area contributed by atoms with Crippen LogP contribution >= 0.6 is 0 Å². The predicted octanol–water partition coefficient (Wildman–Crippen LogP) is 3.70. The van der Waals surface area contributed by atoms with Crippen molar-refractivity contribution >= 4 is 11.7 Å². The van der Waals surface area contributed by atoms with E-state index < -0.39 is 17.7 Å². The molecule has 0 aliphatic rings. The Kier molecular flexibility index (Phi) is 5.84. The molecule has 2 rings (SSSR count). The number of rotatable bonds is 6. The number of benzene rings is 1. The third-order valence-electron chi connectivity index (χ3n) is 3.87. The number of anilines is 1. The molecule has 6 heteroatoms. The Bertz CT molecular complexity index is 700. The molecule has 1 aromatic carbocycles. The van der Waals surface area contributed by atoms with Gasteiger partial charge in [0, 0.05) is 30.9 Å². The van der Waals surface area contributed by atoms with Crippen LogP contribution in [0.1, 0.15) is 42.7 Å². The number of amides is 1. The first kappa shape index (κ1) is 17.8. The number of hydrogen-bond donors (Lipinski definition) is 1. The van der Waals surface area contributed by atoms with Crippen LogP contribution in [0.25, 0.3) is 0 Å². The van der Waals surface area contributed by atoms with Crippen molar-refractivity contribution in [2.45, 2.75) is 26.8 Å². The molecule has 1 atom stereocenters. The number of halogens is 2. The Morgan fingerprint density at radius 2 is 1.92 bits per heavy atom. The number of pyridine rings is 1. The Morgan fingerprint density at radius 1 is 1.21 bits per heavy atom. The number of carbonyl (C=O) groups excluding carboxylic acids is 1. The highest BCUT2D eigenvalue weighted by Crippen LogP contribution is 2.18. The highest BCUT2D eigenvalue weighted by atomic mass is 19.1. The minimum atomic E-state index is -0.683. The van der Waals surface area contributed by atoms with E-state index in [4.69, 9.17) is 0 Å². The van der Waals surface area contributed by atoms with E-state index in [2.05, 4.69) is 15.2 Å². The van der Waals surface area contributed by atoms with E-state index in [1.165, 1.54) is 18.3 Å². The van der Waals surface area contributed by atoms with Gasteiger partial charge in [0.2, 0.25) is 0 Å². The van der Waals surface area contributed by atoms with Crippen LogP contribution in [0.5, 0.6) is 0 Å². The molecule has 0 spiro atoms. The topological polar surface area (TPSA) is 45.2 Å². The van der Waals surface area contributed by atoms with Gasteiger partial charge in [-0.05, 0) is 39.0 Å². The zero-order valence-corrected chi connectivity index (χ0v) is 14.0. The van der Waals surface area contributed by atoms with Gasteiger partial charge >= 0.3 is 0 Å². The van der Waals surface area contributed by atoms with Crippen molar-refractivity contribution in [3.63, 3.8) is 0 Å². The molecule has 1 aromatic heterocycles. The molecular weight excluding hydrogens is 312 g/mol. The molecule has 1 amide bonds. The summed E-state index contributed by atoms with van der Waals surface area (Å²) in [6.07, 6.45) is 1.50. The van der Waals surface area contributed by atoms with Gasteiger partial charge in [0.05, 0.1) is 11.6 Å². The molecule has 0 unspecified atom stereocenters. The van der Waals surface area contributed by atoms with E-state index in [-0.39, 0.29) is 11.5 Å². The average Bonchev–Trinajstić information content (AvgIpc) is 2.56. The van der Waals surface area contributed by atoms with Gasteiger partial charge in [-0.1, -0.05) is 6.07 Å². The molecule has 24 heavy (non-hydrogen) atoms. The van der Waals surface area contributed by atoms with E-state index in [9.17, 15) is 13.6 Å². The summed E-state index contributed by atoms with van der Waals surface area (Å²) in [7, 11) is 0. The van der Waals surface area contributed by atoms with Crippen molar-refractivity contribution in [1.29, 1.82) is 0 Å². The van der Waals surface area contributed by atoms with Gasteiger partial charge < -0.3 is 10.2 Å². The van der Waals surface area contributed by atoms with Crippen molar-refractivity contribution in [2.75, 3.05) is 18.0 Å². The van der Waals surface area contributed by atoms with Gasteiger partial charge in [0.1, 0.15) is 17.5 Å². The second-order valence-corrected chi connectivity index (χ2v) is 5.44. The second-order valence-electron chi connectivity index (χ2n) is 5.44. The fourth-order valence-electron chi connectivity index (χ4n) is 2.47. The third kappa shape index (κ3) is 4.07. The molecule has 2 aromatic rings. The van der Waals surface area contributed by atoms with Crippen LogP contribution < -0.4 is 10.2 Å². The average molecular weight is 333 g/mol. The monoisotopic (exact) mass is 333 g/mol. The predicted molar refractivity (Wildman–Crippen MR) is 90.0 cm³/mol. The summed E-state index contributed by atoms with van der Waals surface area (Å²) in [5, 5.41) is 2.69. The maximum absolute atomic E-state index is 13.8. The van der Waals surface area contributed by atoms with E-state index in [0.29, 0.717) is 5.56 Å². The highest BCUT2D eigenvalue weighted by Gasteiger charge is 2.16. The summed E-state index contributed by atoms with van der Waals surface area (Å²) in [4.78, 5) is 18.6. The largest absolute Gasteiger partial charge is 0.357 e. The van der Waals surface area contributed by atoms with Gasteiger partial charge in [-0.15, -0.1) is 0 Å². The van der Waals surface area contributed by atoms with Crippen LogP contribution in [0.4, 0.5) is 14.6 Å². The van der Waals surface area contributed by atoms with Crippen LogP contribution in [0.2, 0.25) is 0 Å². The second kappa shape index (κ2) is 7.86. The number of hydrogen-bond acceptors (Lipinski definition) is 3. The molecule has 0 radical (unpaired) electrons. The van der Waals surface area contributed by atoms with Gasteiger partial charge in [-0.3, -0.25) is 4.79 Å². The molecule has 0 fully saturated rings. The minimum absolute atomic E-state index is 0.234. The molecule has 0 saturated carbocycles. The fourth-order valence-corrected chi connectivity index (χ4v) is 2.47. The Balaban J connectivity index is 2.09. The van der Waals surface area contributed by atoms with Crippen LogP contribution in [0.3, 0.4) is 0 Å². The number of aromatic nitrogens is 1. The lowest BCUT2D eigenvalue weighted by Gasteiger charge is -2.20. The smallest absolute Gasteiger partial charge is 0.253 e. The van der Waals surface area contributed by atoms with Gasteiger partial charge in [-0.25, -0.2) is 13.8 Å². The zero-order chi connectivity index (χ0) is 17.7. The highest BCUT2D eigenvalue weighted by molar-refractivity contribution is 5.94. The molecule has 0 aliphatic carbocycles. The summed E-state index contributed by atoms with van der Waals surface area (Å²) in [5.74, 6) is -0.886. The van der Waals surface area contributed by atoms with Crippen LogP contribution in [0, 0.1) is 11.6 Å². The van der Waals surface area contributed by atoms with Crippen LogP contribution in [-0.4, -0.2) is 24.0 Å². The standard InChI is InChI=1S/C18H21F2N3O/c1-4-23(5-2)17-9-6-13(11-21-17)18(24)22-12(3)15-8-7-14(19)10-16(15)20/h6-12H,4-5H2,1-3H3,(H,22,24)/t12-/m1/s1. The SMILES string of the molecule is CCN(CC)c1ccc(C(=O)N[C@H](C)c2ccc(F)cc2F)cn1. The molecule has 1 N–H and O–H groups in total. The Hall–Kier alpha value is -2.50. The Morgan fingerprint density at radius 3 is 2.46 bits per heavy atom. The number of nitrogens with zero attached hydrogens (tertiary/aromatic N) is 2. The summed E-state index contributed by atoms with van der Waals surface area (Å²) >= 11 is 0. The maximum atomic E-state index is 13.8. The summed E-state index contributed by atoms with van der Waals surface area (Å²) < 4.78 is 26.7. The number of nitrogens with one attached hydrogen (secondary N) is 1. The van der Waals surface area contributed by atoms with Crippen molar-refractivity contribution in [2.24, 2.45) is 0 Å². The lowest BCUT2D eigenvalue weighted by atomic mass is 10.1. The van der Waals surface area contributed by atoms with Crippen molar-refractivity contribution in [1.82, 2.24) is 10.3 Å². The van der Waals surface area contributed by atoms with Gasteiger partial charge in [-0.2, -0.15) is 0 Å². The lowest BCUT2D eigenvalue weighted by molar-refractivity contribution is 0.0939. The minimum Gasteiger partial charge on any atom is -0.357 e. The van der Waals surface area contributed by atoms with E-state index in [1.807, 2.05) is 13.8 Å². The first-order valence-electron chi connectivity index (χ1n) is 7.93. The molecule has 4 nitrogen and oxygen atoms in total. The first-order chi connectivity index (χ1) is 11.5. The van der Waals surface area contributed by atoms with Crippen LogP contribution in [-0.2, 0) is 0 Å². The normalized spacial score (nSPS) is 11.9. The quantitative estimate of drug-likeness (QED) is 0.877. The van der Waals surface area contributed by atoms with Crippen molar-refractivity contribution in [3.05, 3.63) is 59.3 Å². The van der Waals surface area contributed by atoms with E-state index in [1.54, 1.807) is 19.1 Å². The fraction of sp³-hybridized carbons (Fsp3) is 0.333. The zero-order valence-electron chi connectivity index (χ0n) is 14.0. The van der Waals surface area contributed by atoms with Crippen molar-refractivity contribution < 1.29 is 13.6 Å². The van der Waals surface area contributed by atoms with E-state index in [0.717, 1.165) is 25.0 Å². The van der Waals surface area contributed by atoms with Crippen molar-refractivity contribution in [3.8, 4) is 0 Å². The molecule has 0 bridgehead atoms. The first-order valence-corrected chi connectivity index (χ1v) is 7.93. The number of carbonyl (C=O) groups is 1.